The minimum absolute atomic E-state index is 0.298. The topological polar surface area (TPSA) is 57.4 Å². The van der Waals surface area contributed by atoms with Crippen molar-refractivity contribution in [2.45, 2.75) is 108 Å². The van der Waals surface area contributed by atoms with Crippen molar-refractivity contribution in [3.63, 3.8) is 0 Å². The number of fused-ring (bicyclic) bond motifs is 1. The molecule has 0 N–H and O–H groups in total. The van der Waals surface area contributed by atoms with Crippen molar-refractivity contribution in [3.8, 4) is 0 Å². The minimum atomic E-state index is -2.47. The molecular formula is C43H53IN4O. The zero-order chi connectivity index (χ0) is 34.0. The molecule has 258 valence electrons. The summed E-state index contributed by atoms with van der Waals surface area (Å²) in [5.74, 6) is 1.20. The van der Waals surface area contributed by atoms with Crippen LogP contribution in [0, 0.1) is 18.8 Å². The summed E-state index contributed by atoms with van der Waals surface area (Å²) >= 11 is -2.47. The van der Waals surface area contributed by atoms with Crippen molar-refractivity contribution < 1.29 is 4.79 Å². The number of benzene rings is 3. The van der Waals surface area contributed by atoms with Crippen molar-refractivity contribution in [1.29, 1.82) is 0 Å². The van der Waals surface area contributed by atoms with Crippen molar-refractivity contribution in [1.82, 2.24) is 0 Å². The molecule has 2 saturated carbocycles. The first-order valence-electron chi connectivity index (χ1n) is 18.5. The van der Waals surface area contributed by atoms with Crippen molar-refractivity contribution in [2.75, 3.05) is 4.90 Å². The van der Waals surface area contributed by atoms with E-state index in [0.29, 0.717) is 13.8 Å². The summed E-state index contributed by atoms with van der Waals surface area (Å²) < 4.78 is 6.45. The van der Waals surface area contributed by atoms with Gasteiger partial charge < -0.3 is 0 Å². The van der Waals surface area contributed by atoms with Crippen LogP contribution in [0.15, 0.2) is 98.4 Å². The second kappa shape index (κ2) is 17.5. The van der Waals surface area contributed by atoms with Crippen LogP contribution in [-0.2, 0) is 12.8 Å². The predicted molar refractivity (Wildman–Crippen MR) is 218 cm³/mol. The SMILES string of the molecule is CC=N/C=C\N=C(C)CCc1ccc(N2C(=O)I(C3CCC(CCc4ccccc4)CC3)N=C(C3CCCCC3)c3ccc(C)cc32)cc1. The Balaban J connectivity index is 1.26. The third-order valence-corrected chi connectivity index (χ3v) is 15.9. The molecule has 3 aliphatic rings. The van der Waals surface area contributed by atoms with Gasteiger partial charge in [0.15, 0.2) is 0 Å². The fourth-order valence-electron chi connectivity index (χ4n) is 7.63. The molecule has 1 amide bonds. The molecule has 3 aromatic carbocycles. The second-order valence-corrected chi connectivity index (χ2v) is 18.9. The first-order valence-corrected chi connectivity index (χ1v) is 21.8. The Morgan fingerprint density at radius 1 is 0.878 bits per heavy atom. The molecule has 0 unspecified atom stereocenters. The van der Waals surface area contributed by atoms with Crippen LogP contribution in [0.3, 0.4) is 0 Å². The Morgan fingerprint density at radius 3 is 2.35 bits per heavy atom. The van der Waals surface area contributed by atoms with Gasteiger partial charge in [-0.25, -0.2) is 0 Å². The number of aryl methyl sites for hydroxylation is 3. The second-order valence-electron chi connectivity index (χ2n) is 14.1. The maximum atomic E-state index is 15.0. The van der Waals surface area contributed by atoms with Gasteiger partial charge in [0.05, 0.1) is 0 Å². The molecule has 0 atom stereocenters. The number of aliphatic imine (C=N–C) groups is 2. The molecule has 6 rings (SSSR count). The van der Waals surface area contributed by atoms with Gasteiger partial charge in [-0.1, -0.05) is 0 Å². The van der Waals surface area contributed by atoms with E-state index in [2.05, 4.69) is 102 Å². The standard InChI is InChI=1S/C43H53IN4O/c1-4-45-29-30-46-33(3)16-17-35-22-26-39(27-23-35)48-41-31-32(2)15-28-40(41)42(37-13-9-6-10-14-37)47-44(43(48)49)38-24-20-36(21-25-38)19-18-34-11-7-5-8-12-34/h4-5,7-8,11-12,15,22-23,26-31,36-38H,6,9-10,13-14,16-21,24-25H2,1-3H3/b30-29-,45-4?,46-33?. The molecule has 0 spiro atoms. The van der Waals surface area contributed by atoms with E-state index in [9.17, 15) is 0 Å². The molecule has 5 nitrogen and oxygen atoms in total. The summed E-state index contributed by atoms with van der Waals surface area (Å²) in [7, 11) is 0. The third-order valence-electron chi connectivity index (χ3n) is 10.5. The Labute approximate surface area is 301 Å². The number of alkyl halides is 1. The van der Waals surface area contributed by atoms with Crippen LogP contribution in [0.1, 0.15) is 107 Å². The number of halogens is 1. The van der Waals surface area contributed by atoms with Crippen LogP contribution in [0.5, 0.6) is 0 Å². The van der Waals surface area contributed by atoms with E-state index in [-0.39, 0.29) is 0 Å². The van der Waals surface area contributed by atoms with E-state index >= 15 is 4.79 Å². The number of rotatable bonds is 11. The summed E-state index contributed by atoms with van der Waals surface area (Å²) in [5, 5.41) is 0. The number of amides is 1. The summed E-state index contributed by atoms with van der Waals surface area (Å²) in [5.41, 5.74) is 9.43. The van der Waals surface area contributed by atoms with Crippen LogP contribution >= 0.6 is 20.1 Å². The molecule has 1 aliphatic heterocycles. The zero-order valence-electron chi connectivity index (χ0n) is 29.7. The Bertz CT molecular complexity index is 1660. The molecule has 1 heterocycles. The van der Waals surface area contributed by atoms with E-state index in [4.69, 9.17) is 3.21 Å². The molecule has 2 fully saturated rings. The Hall–Kier alpha value is -3.39. The number of carbonyl (C=O) groups excluding carboxylic acids is 1. The quantitative estimate of drug-likeness (QED) is 0.0630. The van der Waals surface area contributed by atoms with Gasteiger partial charge in [0, 0.05) is 6.21 Å². The average Bonchev–Trinajstić information content (AvgIpc) is 3.26. The molecule has 3 aromatic rings. The molecule has 6 heteroatoms. The maximum absolute atomic E-state index is 15.0. The van der Waals surface area contributed by atoms with E-state index < -0.39 is 20.1 Å². The first kappa shape index (κ1) is 35.4. The number of hydrogen-bond acceptors (Lipinski definition) is 4. The zero-order valence-corrected chi connectivity index (χ0v) is 31.8. The number of hydrogen-bond donors (Lipinski definition) is 0. The van der Waals surface area contributed by atoms with E-state index in [1.165, 1.54) is 79.3 Å². The molecule has 0 saturated heterocycles. The molecule has 0 radical (unpaired) electrons. The predicted octanol–water partition coefficient (Wildman–Crippen LogP) is 12.2. The molecule has 0 bridgehead atoms. The van der Waals surface area contributed by atoms with Gasteiger partial charge in [0.2, 0.25) is 0 Å². The van der Waals surface area contributed by atoms with Crippen LogP contribution < -0.4 is 4.90 Å². The Morgan fingerprint density at radius 2 is 1.61 bits per heavy atom. The third kappa shape index (κ3) is 9.24. The number of anilines is 2. The summed E-state index contributed by atoms with van der Waals surface area (Å²) in [6, 6.07) is 26.4. The fraction of sp³-hybridized carbons (Fsp3) is 0.442. The van der Waals surface area contributed by atoms with Crippen molar-refractivity contribution >= 4 is 53.0 Å². The molecule has 49 heavy (non-hydrogen) atoms. The van der Waals surface area contributed by atoms with Crippen LogP contribution in [0.4, 0.5) is 16.2 Å². The molecule has 2 aliphatic carbocycles. The Kier molecular flexibility index (Phi) is 12.7. The van der Waals surface area contributed by atoms with Gasteiger partial charge in [0.25, 0.3) is 0 Å². The fourth-order valence-corrected chi connectivity index (χ4v) is 13.1. The number of nitrogens with zero attached hydrogens (tertiary/aromatic N) is 4. The van der Waals surface area contributed by atoms with Gasteiger partial charge in [-0.3, -0.25) is 4.99 Å². The van der Waals surface area contributed by atoms with Gasteiger partial charge in [0.1, 0.15) is 0 Å². The van der Waals surface area contributed by atoms with E-state index in [1.54, 1.807) is 18.6 Å². The van der Waals surface area contributed by atoms with Gasteiger partial charge in [-0.15, -0.1) is 0 Å². The van der Waals surface area contributed by atoms with Crippen molar-refractivity contribution in [3.05, 3.63) is 107 Å². The summed E-state index contributed by atoms with van der Waals surface area (Å²) in [6.07, 6.45) is 20.3. The summed E-state index contributed by atoms with van der Waals surface area (Å²) in [4.78, 5) is 25.7. The molecular weight excluding hydrogens is 715 g/mol. The van der Waals surface area contributed by atoms with Crippen LogP contribution in [-0.4, -0.2) is 25.5 Å². The average molecular weight is 769 g/mol. The van der Waals surface area contributed by atoms with Gasteiger partial charge in [-0.2, -0.15) is 0 Å². The monoisotopic (exact) mass is 768 g/mol. The molecule has 0 aromatic heterocycles. The van der Waals surface area contributed by atoms with E-state index in [0.717, 1.165) is 55.1 Å². The van der Waals surface area contributed by atoms with Crippen molar-refractivity contribution in [2.24, 2.45) is 25.0 Å². The van der Waals surface area contributed by atoms with Crippen LogP contribution in [0.2, 0.25) is 0 Å². The van der Waals surface area contributed by atoms with Crippen LogP contribution in [0.25, 0.3) is 0 Å². The summed E-state index contributed by atoms with van der Waals surface area (Å²) in [6.45, 7) is 6.11. The number of carbonyl (C=O) groups is 1. The first-order chi connectivity index (χ1) is 24.0. The normalized spacial score (nSPS) is 21.7. The van der Waals surface area contributed by atoms with Gasteiger partial charge in [-0.05, 0) is 6.92 Å². The van der Waals surface area contributed by atoms with Gasteiger partial charge >= 0.3 is 285 Å². The van der Waals surface area contributed by atoms with E-state index in [1.807, 2.05) is 6.92 Å².